The van der Waals surface area contributed by atoms with Crippen molar-refractivity contribution in [1.29, 1.82) is 0 Å². The van der Waals surface area contributed by atoms with Gasteiger partial charge in [-0.25, -0.2) is 0 Å². The normalized spacial score (nSPS) is 12.8. The molecule has 0 saturated heterocycles. The quantitative estimate of drug-likeness (QED) is 0.798. The molecule has 4 nitrogen and oxygen atoms in total. The average molecular weight is 277 g/mol. The van der Waals surface area contributed by atoms with Crippen LogP contribution in [0.1, 0.15) is 31.4 Å². The van der Waals surface area contributed by atoms with E-state index >= 15 is 0 Å². The second-order valence-corrected chi connectivity index (χ2v) is 5.90. The summed E-state index contributed by atoms with van der Waals surface area (Å²) in [6.07, 6.45) is 0.382. The summed E-state index contributed by atoms with van der Waals surface area (Å²) in [5.74, 6) is 0.340. The lowest BCUT2D eigenvalue weighted by molar-refractivity contribution is -0.121. The van der Waals surface area contributed by atoms with Gasteiger partial charge in [-0.1, -0.05) is 38.1 Å². The van der Waals surface area contributed by atoms with Crippen molar-refractivity contribution in [3.63, 3.8) is 0 Å². The Hall–Kier alpha value is -1.39. The lowest BCUT2D eigenvalue weighted by Gasteiger charge is -2.17. The zero-order valence-corrected chi connectivity index (χ0v) is 13.0. The van der Waals surface area contributed by atoms with Crippen LogP contribution in [0.3, 0.4) is 0 Å². The molecule has 3 N–H and O–H groups in total. The van der Waals surface area contributed by atoms with Crippen molar-refractivity contribution >= 4 is 5.91 Å². The lowest BCUT2D eigenvalue weighted by atomic mass is 10.0. The van der Waals surface area contributed by atoms with E-state index in [1.165, 1.54) is 5.56 Å². The third-order valence-corrected chi connectivity index (χ3v) is 3.36. The zero-order valence-electron chi connectivity index (χ0n) is 13.0. The van der Waals surface area contributed by atoms with Crippen LogP contribution in [0.15, 0.2) is 24.3 Å². The molecule has 20 heavy (non-hydrogen) atoms. The predicted octanol–water partition coefficient (Wildman–Crippen LogP) is 1.74. The summed E-state index contributed by atoms with van der Waals surface area (Å²) in [7, 11) is 4.08. The van der Waals surface area contributed by atoms with E-state index in [-0.39, 0.29) is 11.9 Å². The van der Waals surface area contributed by atoms with Gasteiger partial charge in [0.25, 0.3) is 0 Å². The van der Waals surface area contributed by atoms with Crippen LogP contribution in [-0.4, -0.2) is 30.9 Å². The Morgan fingerprint density at radius 1 is 1.25 bits per heavy atom. The van der Waals surface area contributed by atoms with Crippen LogP contribution in [0.5, 0.6) is 0 Å². The van der Waals surface area contributed by atoms with Gasteiger partial charge >= 0.3 is 0 Å². The third kappa shape index (κ3) is 5.72. The van der Waals surface area contributed by atoms with Crippen molar-refractivity contribution < 1.29 is 4.79 Å². The van der Waals surface area contributed by atoms with Crippen LogP contribution < -0.4 is 11.1 Å². The molecule has 0 aliphatic carbocycles. The average Bonchev–Trinajstić information content (AvgIpc) is 2.36. The Labute approximate surface area is 122 Å². The summed E-state index contributed by atoms with van der Waals surface area (Å²) in [5.41, 5.74) is 8.32. The molecule has 0 aliphatic rings. The van der Waals surface area contributed by atoms with E-state index in [4.69, 9.17) is 5.73 Å². The Kier molecular flexibility index (Phi) is 6.68. The van der Waals surface area contributed by atoms with Gasteiger partial charge in [-0.15, -0.1) is 0 Å². The highest BCUT2D eigenvalue weighted by molar-refractivity contribution is 5.76. The molecular formula is C16H27N3O. The molecule has 1 amide bonds. The van der Waals surface area contributed by atoms with E-state index in [2.05, 4.69) is 22.3 Å². The first-order chi connectivity index (χ1) is 9.40. The molecule has 0 aromatic heterocycles. The monoisotopic (exact) mass is 277 g/mol. The molecule has 1 unspecified atom stereocenters. The number of carbonyl (C=O) groups excluding carboxylic acids is 1. The molecule has 0 heterocycles. The fourth-order valence-corrected chi connectivity index (χ4v) is 1.94. The first-order valence-electron chi connectivity index (χ1n) is 7.14. The van der Waals surface area contributed by atoms with Crippen molar-refractivity contribution in [1.82, 2.24) is 10.2 Å². The van der Waals surface area contributed by atoms with Crippen LogP contribution in [0.4, 0.5) is 0 Å². The minimum Gasteiger partial charge on any atom is -0.352 e. The summed E-state index contributed by atoms with van der Waals surface area (Å²) in [4.78, 5) is 14.0. The smallest absolute Gasteiger partial charge is 0.221 e. The molecule has 0 aliphatic heterocycles. The van der Waals surface area contributed by atoms with Crippen LogP contribution in [-0.2, 0) is 17.9 Å². The number of rotatable bonds is 7. The van der Waals surface area contributed by atoms with Gasteiger partial charge in [-0.05, 0) is 31.1 Å². The van der Waals surface area contributed by atoms with Crippen molar-refractivity contribution in [3.05, 3.63) is 35.4 Å². The number of nitrogens with one attached hydrogen (secondary N) is 1. The number of nitrogens with two attached hydrogens (primary N) is 1. The Morgan fingerprint density at radius 2 is 1.85 bits per heavy atom. The van der Waals surface area contributed by atoms with E-state index in [9.17, 15) is 4.79 Å². The summed E-state index contributed by atoms with van der Waals surface area (Å²) < 4.78 is 0. The maximum Gasteiger partial charge on any atom is 0.221 e. The van der Waals surface area contributed by atoms with Gasteiger partial charge in [0.05, 0.1) is 0 Å². The fourth-order valence-electron chi connectivity index (χ4n) is 1.94. The number of amides is 1. The van der Waals surface area contributed by atoms with E-state index in [0.29, 0.717) is 18.9 Å². The number of hydrogen-bond acceptors (Lipinski definition) is 3. The van der Waals surface area contributed by atoms with Gasteiger partial charge in [0.15, 0.2) is 0 Å². The zero-order chi connectivity index (χ0) is 15.1. The summed E-state index contributed by atoms with van der Waals surface area (Å²) in [6.45, 7) is 5.50. The van der Waals surface area contributed by atoms with Gasteiger partial charge in [0.2, 0.25) is 5.91 Å². The second kappa shape index (κ2) is 8.02. The second-order valence-electron chi connectivity index (χ2n) is 5.90. The highest BCUT2D eigenvalue weighted by Gasteiger charge is 2.13. The molecular weight excluding hydrogens is 250 g/mol. The van der Waals surface area contributed by atoms with Crippen LogP contribution in [0.25, 0.3) is 0 Å². The molecule has 0 fully saturated rings. The Balaban J connectivity index is 2.55. The maximum absolute atomic E-state index is 11.9. The molecule has 1 rings (SSSR count). The third-order valence-electron chi connectivity index (χ3n) is 3.36. The van der Waals surface area contributed by atoms with Crippen LogP contribution >= 0.6 is 0 Å². The molecule has 112 valence electrons. The van der Waals surface area contributed by atoms with Gasteiger partial charge in [-0.2, -0.15) is 0 Å². The first kappa shape index (κ1) is 16.7. The van der Waals surface area contributed by atoms with Crippen molar-refractivity contribution in [2.45, 2.75) is 39.4 Å². The highest BCUT2D eigenvalue weighted by Crippen LogP contribution is 2.10. The minimum atomic E-state index is -0.0768. The molecule has 1 aromatic carbocycles. The Bertz CT molecular complexity index is 429. The van der Waals surface area contributed by atoms with E-state index in [0.717, 1.165) is 12.1 Å². The summed E-state index contributed by atoms with van der Waals surface area (Å²) >= 11 is 0. The maximum atomic E-state index is 11.9. The minimum absolute atomic E-state index is 0.0193. The number of nitrogens with zero attached hydrogens (tertiary/aromatic N) is 1. The molecule has 1 aromatic rings. The number of hydrogen-bond donors (Lipinski definition) is 2. The van der Waals surface area contributed by atoms with Crippen LogP contribution in [0.2, 0.25) is 0 Å². The van der Waals surface area contributed by atoms with Crippen molar-refractivity contribution in [2.75, 3.05) is 14.1 Å². The summed E-state index contributed by atoms with van der Waals surface area (Å²) in [6, 6.07) is 8.11. The van der Waals surface area contributed by atoms with Gasteiger partial charge < -0.3 is 16.0 Å². The van der Waals surface area contributed by atoms with Crippen molar-refractivity contribution in [2.24, 2.45) is 11.7 Å². The van der Waals surface area contributed by atoms with Crippen molar-refractivity contribution in [3.8, 4) is 0 Å². The molecule has 0 radical (unpaired) electrons. The molecule has 0 spiro atoms. The van der Waals surface area contributed by atoms with E-state index in [1.54, 1.807) is 0 Å². The highest BCUT2D eigenvalue weighted by atomic mass is 16.1. The number of benzene rings is 1. The first-order valence-corrected chi connectivity index (χ1v) is 7.14. The van der Waals surface area contributed by atoms with E-state index in [1.807, 2.05) is 40.1 Å². The van der Waals surface area contributed by atoms with Gasteiger partial charge in [0, 0.05) is 25.6 Å². The molecule has 4 heteroatoms. The van der Waals surface area contributed by atoms with Crippen LogP contribution in [0, 0.1) is 5.92 Å². The predicted molar refractivity (Wildman–Crippen MR) is 83.1 cm³/mol. The molecule has 1 atom stereocenters. The largest absolute Gasteiger partial charge is 0.352 e. The fraction of sp³-hybridized carbons (Fsp3) is 0.562. The SMILES string of the molecule is CC(C)C(N)CC(=O)NCc1ccccc1CN(C)C. The topological polar surface area (TPSA) is 58.4 Å². The van der Waals surface area contributed by atoms with E-state index < -0.39 is 0 Å². The lowest BCUT2D eigenvalue weighted by Crippen LogP contribution is -2.34. The summed E-state index contributed by atoms with van der Waals surface area (Å²) in [5, 5.41) is 2.96. The van der Waals surface area contributed by atoms with Gasteiger partial charge in [0.1, 0.15) is 0 Å². The molecule has 0 saturated carbocycles. The molecule has 0 bridgehead atoms. The van der Waals surface area contributed by atoms with Gasteiger partial charge in [-0.3, -0.25) is 4.79 Å². The Morgan fingerprint density at radius 3 is 2.40 bits per heavy atom. The number of carbonyl (C=O) groups is 1. The standard InChI is InChI=1S/C16H27N3O/c1-12(2)15(17)9-16(20)18-10-13-7-5-6-8-14(13)11-19(3)4/h5-8,12,15H,9-11,17H2,1-4H3,(H,18,20).